The van der Waals surface area contributed by atoms with Gasteiger partial charge in [0.15, 0.2) is 0 Å². The van der Waals surface area contributed by atoms with Crippen molar-refractivity contribution in [2.75, 3.05) is 25.6 Å². The van der Waals surface area contributed by atoms with Crippen molar-refractivity contribution in [3.63, 3.8) is 0 Å². The van der Waals surface area contributed by atoms with E-state index in [1.165, 1.54) is 0 Å². The summed E-state index contributed by atoms with van der Waals surface area (Å²) in [6.45, 7) is 0.641. The highest BCUT2D eigenvalue weighted by Gasteiger charge is 1.95. The monoisotopic (exact) mass is 182 g/mol. The van der Waals surface area contributed by atoms with Gasteiger partial charge in [0.05, 0.1) is 6.61 Å². The van der Waals surface area contributed by atoms with Crippen LogP contribution in [-0.2, 0) is 0 Å². The fraction of sp³-hybridized carbons (Fsp3) is 0.444. The van der Waals surface area contributed by atoms with E-state index in [-0.39, 0.29) is 6.61 Å². The molecule has 0 aliphatic heterocycles. The average Bonchev–Trinajstić information content (AvgIpc) is 2.19. The van der Waals surface area contributed by atoms with Gasteiger partial charge in [-0.2, -0.15) is 4.98 Å². The van der Waals surface area contributed by atoms with E-state index in [1.54, 1.807) is 13.1 Å². The molecule has 72 valence electrons. The van der Waals surface area contributed by atoms with Crippen LogP contribution in [0.4, 0.5) is 5.82 Å². The van der Waals surface area contributed by atoms with E-state index in [0.717, 1.165) is 5.82 Å². The Labute approximate surface area is 77.6 Å². The quantitative estimate of drug-likeness (QED) is 0.664. The highest BCUT2D eigenvalue weighted by molar-refractivity contribution is 5.35. The lowest BCUT2D eigenvalue weighted by molar-refractivity contribution is 0.229. The molecule has 0 radical (unpaired) electrons. The van der Waals surface area contributed by atoms with Crippen LogP contribution < -0.4 is 10.1 Å². The first-order valence-electron chi connectivity index (χ1n) is 4.25. The summed E-state index contributed by atoms with van der Waals surface area (Å²) in [6, 6.07) is 5.52. The number of nitrogens with zero attached hydrogens (tertiary/aromatic N) is 1. The van der Waals surface area contributed by atoms with Gasteiger partial charge in [-0.05, 0) is 6.07 Å². The highest BCUT2D eigenvalue weighted by atomic mass is 16.5. The molecule has 0 spiro atoms. The molecule has 4 nitrogen and oxygen atoms in total. The Kier molecular flexibility index (Phi) is 4.05. The number of aliphatic hydroxyl groups is 1. The SMILES string of the molecule is CNc1cccc(OCCCO)n1. The first-order chi connectivity index (χ1) is 6.36. The van der Waals surface area contributed by atoms with E-state index in [9.17, 15) is 0 Å². The largest absolute Gasteiger partial charge is 0.478 e. The molecule has 0 saturated carbocycles. The van der Waals surface area contributed by atoms with Crippen molar-refractivity contribution in [1.82, 2.24) is 4.98 Å². The zero-order valence-electron chi connectivity index (χ0n) is 7.66. The zero-order valence-corrected chi connectivity index (χ0v) is 7.66. The maximum absolute atomic E-state index is 8.53. The minimum Gasteiger partial charge on any atom is -0.478 e. The number of ether oxygens (including phenoxy) is 1. The standard InChI is InChI=1S/C9H14N2O2/c1-10-8-4-2-5-9(11-8)13-7-3-6-12/h2,4-5,12H,3,6-7H2,1H3,(H,10,11). The molecule has 0 unspecified atom stereocenters. The average molecular weight is 182 g/mol. The van der Waals surface area contributed by atoms with Gasteiger partial charge >= 0.3 is 0 Å². The minimum atomic E-state index is 0.145. The number of aliphatic hydroxyl groups excluding tert-OH is 1. The van der Waals surface area contributed by atoms with Gasteiger partial charge in [0.2, 0.25) is 5.88 Å². The van der Waals surface area contributed by atoms with Gasteiger partial charge in [0, 0.05) is 26.1 Å². The maximum Gasteiger partial charge on any atom is 0.215 e. The molecule has 0 aliphatic carbocycles. The summed E-state index contributed by atoms with van der Waals surface area (Å²) >= 11 is 0. The fourth-order valence-corrected chi connectivity index (χ4v) is 0.876. The molecule has 13 heavy (non-hydrogen) atoms. The molecule has 0 bridgehead atoms. The molecule has 0 saturated heterocycles. The Hall–Kier alpha value is -1.29. The topological polar surface area (TPSA) is 54.4 Å². The van der Waals surface area contributed by atoms with Crippen molar-refractivity contribution in [2.24, 2.45) is 0 Å². The molecule has 1 aromatic rings. The van der Waals surface area contributed by atoms with Crippen LogP contribution in [0.3, 0.4) is 0 Å². The summed E-state index contributed by atoms with van der Waals surface area (Å²) in [4.78, 5) is 4.15. The van der Waals surface area contributed by atoms with Crippen molar-refractivity contribution in [3.05, 3.63) is 18.2 Å². The molecule has 0 atom stereocenters. The molecular formula is C9H14N2O2. The first kappa shape index (κ1) is 9.80. The Morgan fingerprint density at radius 3 is 3.08 bits per heavy atom. The third-order valence-corrected chi connectivity index (χ3v) is 1.53. The van der Waals surface area contributed by atoms with Crippen LogP contribution >= 0.6 is 0 Å². The lowest BCUT2D eigenvalue weighted by atomic mass is 10.4. The molecule has 0 aromatic carbocycles. The molecule has 0 amide bonds. The van der Waals surface area contributed by atoms with Gasteiger partial charge in [-0.25, -0.2) is 0 Å². The predicted molar refractivity (Wildman–Crippen MR) is 51.0 cm³/mol. The smallest absolute Gasteiger partial charge is 0.215 e. The molecule has 1 rings (SSSR count). The molecule has 1 aromatic heterocycles. The molecule has 1 heterocycles. The molecule has 4 heteroatoms. The van der Waals surface area contributed by atoms with Crippen LogP contribution in [-0.4, -0.2) is 30.4 Å². The van der Waals surface area contributed by atoms with Crippen molar-refractivity contribution in [2.45, 2.75) is 6.42 Å². The normalized spacial score (nSPS) is 9.69. The molecule has 0 aliphatic rings. The number of pyridine rings is 1. The maximum atomic E-state index is 8.53. The fourth-order valence-electron chi connectivity index (χ4n) is 0.876. The number of nitrogens with one attached hydrogen (secondary N) is 1. The van der Waals surface area contributed by atoms with Gasteiger partial charge in [-0.3, -0.25) is 0 Å². The minimum absolute atomic E-state index is 0.145. The lowest BCUT2D eigenvalue weighted by Gasteiger charge is -2.05. The van der Waals surface area contributed by atoms with Gasteiger partial charge in [0.1, 0.15) is 5.82 Å². The predicted octanol–water partition coefficient (Wildman–Crippen LogP) is 0.884. The summed E-state index contributed by atoms with van der Waals surface area (Å²) in [5, 5.41) is 11.4. The first-order valence-corrected chi connectivity index (χ1v) is 4.25. The molecule has 0 fully saturated rings. The van der Waals surface area contributed by atoms with E-state index in [2.05, 4.69) is 10.3 Å². The summed E-state index contributed by atoms with van der Waals surface area (Å²) in [5.41, 5.74) is 0. The second kappa shape index (κ2) is 5.37. The van der Waals surface area contributed by atoms with Crippen LogP contribution in [0.25, 0.3) is 0 Å². The zero-order chi connectivity index (χ0) is 9.52. The van der Waals surface area contributed by atoms with Gasteiger partial charge < -0.3 is 15.2 Å². The second-order valence-electron chi connectivity index (χ2n) is 2.54. The Morgan fingerprint density at radius 1 is 1.54 bits per heavy atom. The summed E-state index contributed by atoms with van der Waals surface area (Å²) in [5.74, 6) is 1.36. The van der Waals surface area contributed by atoms with Crippen LogP contribution in [0.5, 0.6) is 5.88 Å². The van der Waals surface area contributed by atoms with E-state index >= 15 is 0 Å². The number of anilines is 1. The highest BCUT2D eigenvalue weighted by Crippen LogP contribution is 2.10. The summed E-state index contributed by atoms with van der Waals surface area (Å²) in [7, 11) is 1.81. The van der Waals surface area contributed by atoms with Crippen LogP contribution in [0.2, 0.25) is 0 Å². The summed E-state index contributed by atoms with van der Waals surface area (Å²) < 4.78 is 5.28. The van der Waals surface area contributed by atoms with E-state index < -0.39 is 0 Å². The van der Waals surface area contributed by atoms with Gasteiger partial charge in [-0.15, -0.1) is 0 Å². The van der Waals surface area contributed by atoms with Crippen LogP contribution in [0, 0.1) is 0 Å². The van der Waals surface area contributed by atoms with E-state index in [1.807, 2.05) is 12.1 Å². The lowest BCUT2D eigenvalue weighted by Crippen LogP contribution is -2.02. The third-order valence-electron chi connectivity index (χ3n) is 1.53. The Balaban J connectivity index is 2.46. The van der Waals surface area contributed by atoms with Crippen LogP contribution in [0.1, 0.15) is 6.42 Å². The number of rotatable bonds is 5. The second-order valence-corrected chi connectivity index (χ2v) is 2.54. The van der Waals surface area contributed by atoms with E-state index in [4.69, 9.17) is 9.84 Å². The Bertz CT molecular complexity index is 253. The van der Waals surface area contributed by atoms with Crippen molar-refractivity contribution < 1.29 is 9.84 Å². The van der Waals surface area contributed by atoms with Crippen molar-refractivity contribution >= 4 is 5.82 Å². The summed E-state index contributed by atoms with van der Waals surface area (Å²) in [6.07, 6.45) is 0.630. The van der Waals surface area contributed by atoms with Crippen LogP contribution in [0.15, 0.2) is 18.2 Å². The molecular weight excluding hydrogens is 168 g/mol. The Morgan fingerprint density at radius 2 is 2.38 bits per heavy atom. The number of hydrogen-bond acceptors (Lipinski definition) is 4. The van der Waals surface area contributed by atoms with Crippen molar-refractivity contribution in [3.8, 4) is 5.88 Å². The van der Waals surface area contributed by atoms with E-state index in [0.29, 0.717) is 18.9 Å². The molecule has 2 N–H and O–H groups in total. The third kappa shape index (κ3) is 3.29. The number of aromatic nitrogens is 1. The number of hydrogen-bond donors (Lipinski definition) is 2. The van der Waals surface area contributed by atoms with Crippen molar-refractivity contribution in [1.29, 1.82) is 0 Å². The van der Waals surface area contributed by atoms with Gasteiger partial charge in [0.25, 0.3) is 0 Å². The van der Waals surface area contributed by atoms with Gasteiger partial charge in [-0.1, -0.05) is 6.07 Å².